The topological polar surface area (TPSA) is 42.0 Å². The van der Waals surface area contributed by atoms with Gasteiger partial charge in [0.15, 0.2) is 0 Å². The predicted octanol–water partition coefficient (Wildman–Crippen LogP) is 2.72. The number of nitrogens with one attached hydrogen (secondary N) is 1. The number of thioether (sulfide) groups is 1. The largest absolute Gasteiger partial charge is 0.351 e. The molecule has 0 unspecified atom stereocenters. The van der Waals surface area contributed by atoms with Crippen molar-refractivity contribution in [2.24, 2.45) is 0 Å². The molecule has 88 valence electrons. The summed E-state index contributed by atoms with van der Waals surface area (Å²) in [6.45, 7) is 4.82. The minimum absolute atomic E-state index is 0.0460. The fourth-order valence-corrected chi connectivity index (χ4v) is 1.66. The van der Waals surface area contributed by atoms with Gasteiger partial charge in [-0.05, 0) is 48.2 Å². The molecule has 1 N–H and O–H groups in total. The average Bonchev–Trinajstić information content (AvgIpc) is 2.27. The Morgan fingerprint density at radius 2 is 2.31 bits per heavy atom. The first kappa shape index (κ1) is 13.5. The van der Waals surface area contributed by atoms with Crippen molar-refractivity contribution in [1.29, 1.82) is 0 Å². The van der Waals surface area contributed by atoms with Gasteiger partial charge in [-0.1, -0.05) is 0 Å². The van der Waals surface area contributed by atoms with Gasteiger partial charge in [0.2, 0.25) is 0 Å². The van der Waals surface area contributed by atoms with E-state index in [0.717, 1.165) is 0 Å². The van der Waals surface area contributed by atoms with Crippen LogP contribution in [0.15, 0.2) is 22.9 Å². The van der Waals surface area contributed by atoms with Crippen LogP contribution in [-0.2, 0) is 0 Å². The van der Waals surface area contributed by atoms with E-state index in [1.165, 1.54) is 0 Å². The van der Waals surface area contributed by atoms with E-state index in [0.29, 0.717) is 16.7 Å². The summed E-state index contributed by atoms with van der Waals surface area (Å²) >= 11 is 4.98. The van der Waals surface area contributed by atoms with Gasteiger partial charge in [-0.15, -0.1) is 0 Å². The van der Waals surface area contributed by atoms with E-state index in [-0.39, 0.29) is 10.7 Å². The van der Waals surface area contributed by atoms with E-state index < -0.39 is 0 Å². The number of aromatic nitrogens is 1. The maximum Gasteiger partial charge on any atom is 0.254 e. The number of hydrogen-bond donors (Lipinski definition) is 1. The molecule has 1 heterocycles. The quantitative estimate of drug-likeness (QED) is 0.870. The smallest absolute Gasteiger partial charge is 0.254 e. The molecule has 0 spiro atoms. The van der Waals surface area contributed by atoms with Crippen molar-refractivity contribution >= 4 is 33.6 Å². The summed E-state index contributed by atoms with van der Waals surface area (Å²) < 4.78 is 0.624. The molecule has 16 heavy (non-hydrogen) atoms. The van der Waals surface area contributed by atoms with Crippen molar-refractivity contribution in [3.63, 3.8) is 0 Å². The Balaban J connectivity index is 2.64. The molecule has 0 fully saturated rings. The number of hydrogen-bond acceptors (Lipinski definition) is 3. The highest BCUT2D eigenvalue weighted by atomic mass is 79.9. The summed E-state index contributed by atoms with van der Waals surface area (Å²) in [7, 11) is 0. The van der Waals surface area contributed by atoms with Gasteiger partial charge in [0.25, 0.3) is 5.91 Å². The second kappa shape index (κ2) is 5.68. The second-order valence-electron chi connectivity index (χ2n) is 3.99. The highest BCUT2D eigenvalue weighted by Gasteiger charge is 2.18. The Morgan fingerprint density at radius 3 is 2.88 bits per heavy atom. The van der Waals surface area contributed by atoms with Gasteiger partial charge in [-0.3, -0.25) is 4.79 Å². The van der Waals surface area contributed by atoms with Gasteiger partial charge in [-0.25, -0.2) is 4.98 Å². The molecule has 1 rings (SSSR count). The summed E-state index contributed by atoms with van der Waals surface area (Å²) in [5.41, 5.74) is 0.569. The van der Waals surface area contributed by atoms with Crippen molar-refractivity contribution < 1.29 is 4.79 Å². The molecule has 0 bridgehead atoms. The van der Waals surface area contributed by atoms with Crippen LogP contribution in [-0.4, -0.2) is 28.4 Å². The number of rotatable bonds is 4. The third-order valence-corrected chi connectivity index (χ3v) is 4.11. The standard InChI is InChI=1S/C11H15BrN2OS/c1-11(2,16-3)7-14-10(15)8-5-4-6-13-9(8)12/h4-6H,7H2,1-3H3,(H,14,15). The lowest BCUT2D eigenvalue weighted by molar-refractivity contribution is 0.0949. The maximum absolute atomic E-state index is 11.8. The third-order valence-electron chi connectivity index (χ3n) is 2.23. The molecule has 5 heteroatoms. The summed E-state index contributed by atoms with van der Waals surface area (Å²) in [6.07, 6.45) is 3.68. The van der Waals surface area contributed by atoms with E-state index in [9.17, 15) is 4.79 Å². The van der Waals surface area contributed by atoms with Gasteiger partial charge in [0.05, 0.1) is 5.56 Å². The van der Waals surface area contributed by atoms with Crippen LogP contribution in [0, 0.1) is 0 Å². The Bertz CT molecular complexity index is 382. The SMILES string of the molecule is CSC(C)(C)CNC(=O)c1cccnc1Br. The molecule has 3 nitrogen and oxygen atoms in total. The van der Waals surface area contributed by atoms with Crippen molar-refractivity contribution in [2.75, 3.05) is 12.8 Å². The highest BCUT2D eigenvalue weighted by molar-refractivity contribution is 9.10. The van der Waals surface area contributed by atoms with Crippen LogP contribution in [0.1, 0.15) is 24.2 Å². The lowest BCUT2D eigenvalue weighted by atomic mass is 10.2. The molecule has 0 atom stereocenters. The van der Waals surface area contributed by atoms with Gasteiger partial charge in [0.1, 0.15) is 4.60 Å². The summed E-state index contributed by atoms with van der Waals surface area (Å²) in [6, 6.07) is 3.50. The van der Waals surface area contributed by atoms with Gasteiger partial charge in [0, 0.05) is 17.5 Å². The van der Waals surface area contributed by atoms with Crippen molar-refractivity contribution in [3.05, 3.63) is 28.5 Å². The number of pyridine rings is 1. The molecular formula is C11H15BrN2OS. The zero-order chi connectivity index (χ0) is 12.2. The van der Waals surface area contributed by atoms with E-state index >= 15 is 0 Å². The van der Waals surface area contributed by atoms with Gasteiger partial charge in [-0.2, -0.15) is 11.8 Å². The Hall–Kier alpha value is -0.550. The normalized spacial score (nSPS) is 11.2. The minimum atomic E-state index is -0.0953. The zero-order valence-corrected chi connectivity index (χ0v) is 12.0. The molecular weight excluding hydrogens is 288 g/mol. The molecule has 1 amide bonds. The lowest BCUT2D eigenvalue weighted by Gasteiger charge is -2.22. The number of halogens is 1. The molecule has 1 aromatic rings. The zero-order valence-electron chi connectivity index (χ0n) is 9.58. The molecule has 0 aliphatic carbocycles. The molecule has 1 aromatic heterocycles. The van der Waals surface area contributed by atoms with Gasteiger partial charge >= 0.3 is 0 Å². The van der Waals surface area contributed by atoms with Crippen LogP contribution in [0.4, 0.5) is 0 Å². The number of carbonyl (C=O) groups excluding carboxylic acids is 1. The van der Waals surface area contributed by atoms with E-state index in [4.69, 9.17) is 0 Å². The molecule has 0 saturated heterocycles. The second-order valence-corrected chi connectivity index (χ2v) is 6.25. The van der Waals surface area contributed by atoms with Crippen molar-refractivity contribution in [3.8, 4) is 0 Å². The van der Waals surface area contributed by atoms with Crippen LogP contribution in [0.25, 0.3) is 0 Å². The van der Waals surface area contributed by atoms with E-state index in [1.807, 2.05) is 6.26 Å². The number of carbonyl (C=O) groups is 1. The molecule has 0 aliphatic rings. The number of nitrogens with zero attached hydrogens (tertiary/aromatic N) is 1. The first-order valence-electron chi connectivity index (χ1n) is 4.90. The van der Waals surface area contributed by atoms with Crippen LogP contribution in [0.3, 0.4) is 0 Å². The average molecular weight is 303 g/mol. The van der Waals surface area contributed by atoms with E-state index in [1.54, 1.807) is 30.1 Å². The van der Waals surface area contributed by atoms with Crippen LogP contribution < -0.4 is 5.32 Å². The maximum atomic E-state index is 11.8. The lowest BCUT2D eigenvalue weighted by Crippen LogP contribution is -2.36. The molecule has 0 radical (unpaired) electrons. The Kier molecular flexibility index (Phi) is 4.80. The third kappa shape index (κ3) is 3.79. The highest BCUT2D eigenvalue weighted by Crippen LogP contribution is 2.20. The Morgan fingerprint density at radius 1 is 1.62 bits per heavy atom. The van der Waals surface area contributed by atoms with E-state index in [2.05, 4.69) is 40.1 Å². The summed E-state index contributed by atoms with van der Waals surface area (Å²) in [5, 5.41) is 2.90. The Labute approximate surface area is 109 Å². The van der Waals surface area contributed by atoms with Crippen molar-refractivity contribution in [2.45, 2.75) is 18.6 Å². The van der Waals surface area contributed by atoms with Crippen molar-refractivity contribution in [1.82, 2.24) is 10.3 Å². The van der Waals surface area contributed by atoms with Crippen LogP contribution in [0.2, 0.25) is 0 Å². The molecule has 0 saturated carbocycles. The predicted molar refractivity (Wildman–Crippen MR) is 71.9 cm³/mol. The van der Waals surface area contributed by atoms with Gasteiger partial charge < -0.3 is 5.32 Å². The summed E-state index contributed by atoms with van der Waals surface area (Å²) in [4.78, 5) is 15.9. The molecule has 0 aromatic carbocycles. The number of amides is 1. The first-order valence-corrected chi connectivity index (χ1v) is 6.92. The van der Waals surface area contributed by atoms with Crippen LogP contribution >= 0.6 is 27.7 Å². The first-order chi connectivity index (χ1) is 7.46. The minimum Gasteiger partial charge on any atom is -0.351 e. The molecule has 0 aliphatic heterocycles. The fraction of sp³-hybridized carbons (Fsp3) is 0.455. The fourth-order valence-electron chi connectivity index (χ4n) is 1.02. The summed E-state index contributed by atoms with van der Waals surface area (Å²) in [5.74, 6) is -0.0953. The van der Waals surface area contributed by atoms with Crippen LogP contribution in [0.5, 0.6) is 0 Å². The monoisotopic (exact) mass is 302 g/mol.